The number of hydrogen-bond acceptors (Lipinski definition) is 8. The van der Waals surface area contributed by atoms with E-state index in [0.29, 0.717) is 27.0 Å². The maximum atomic E-state index is 13.8. The van der Waals surface area contributed by atoms with Crippen molar-refractivity contribution in [1.29, 1.82) is 0 Å². The zero-order chi connectivity index (χ0) is 27.3. The highest BCUT2D eigenvalue weighted by molar-refractivity contribution is 9.10. The summed E-state index contributed by atoms with van der Waals surface area (Å²) < 4.78 is 7.41. The highest BCUT2D eigenvalue weighted by Crippen LogP contribution is 2.54. The van der Waals surface area contributed by atoms with E-state index in [1.807, 2.05) is 17.5 Å². The fraction of sp³-hybridized carbons (Fsp3) is 0.185. The number of rotatable bonds is 6. The molecule has 4 heterocycles. The molecule has 0 bridgehead atoms. The number of nitrogens with zero attached hydrogens (tertiary/aromatic N) is 2. The molecule has 4 aromatic rings. The van der Waals surface area contributed by atoms with Crippen LogP contribution in [0.4, 0.5) is 11.4 Å². The SMILES string of the molecule is COc1ccc(NC(=O)Cn2c3c(sc2=O)[C@@H](c2cccs2)C2C(=O)N(c4ccc(Br)cc4)C(=O)C2S3)cc1. The molecule has 198 valence electrons. The molecule has 2 aromatic heterocycles. The van der Waals surface area contributed by atoms with E-state index in [9.17, 15) is 19.2 Å². The number of aromatic nitrogens is 1. The number of nitrogens with one attached hydrogen (secondary N) is 1. The number of imide groups is 1. The van der Waals surface area contributed by atoms with E-state index < -0.39 is 17.1 Å². The number of benzene rings is 2. The molecule has 2 aromatic carbocycles. The number of thiophene rings is 1. The van der Waals surface area contributed by atoms with Gasteiger partial charge in [0.2, 0.25) is 17.7 Å². The van der Waals surface area contributed by atoms with Crippen LogP contribution in [-0.2, 0) is 20.9 Å². The number of thioether (sulfide) groups is 1. The van der Waals surface area contributed by atoms with Crippen LogP contribution in [0.2, 0.25) is 0 Å². The van der Waals surface area contributed by atoms with E-state index in [4.69, 9.17) is 4.74 Å². The molecule has 1 fully saturated rings. The van der Waals surface area contributed by atoms with Crippen molar-refractivity contribution in [3.63, 3.8) is 0 Å². The zero-order valence-corrected chi connectivity index (χ0v) is 24.4. The number of methoxy groups -OCH3 is 1. The standard InChI is InChI=1S/C27H20BrN3O5S3/c1-36-17-10-6-15(7-11-17)29-19(32)13-30-26-23(39-27(30)35)20(18-3-2-12-37-18)21-22(38-26)25(34)31(24(21)33)16-8-4-14(28)5-9-16/h2-12,20-22H,13H2,1H3,(H,29,32)/t20-,21?,22?/m0/s1. The van der Waals surface area contributed by atoms with Gasteiger partial charge in [0.15, 0.2) is 0 Å². The van der Waals surface area contributed by atoms with Crippen LogP contribution in [-0.4, -0.2) is 34.6 Å². The second-order valence-corrected chi connectivity index (χ2v) is 13.0. The van der Waals surface area contributed by atoms with Gasteiger partial charge >= 0.3 is 4.87 Å². The second kappa shape index (κ2) is 10.4. The minimum absolute atomic E-state index is 0.212. The second-order valence-electron chi connectivity index (χ2n) is 8.95. The van der Waals surface area contributed by atoms with Gasteiger partial charge < -0.3 is 10.1 Å². The van der Waals surface area contributed by atoms with E-state index in [1.54, 1.807) is 55.6 Å². The minimum atomic E-state index is -0.717. The summed E-state index contributed by atoms with van der Waals surface area (Å²) in [5.41, 5.74) is 1.08. The first-order valence-corrected chi connectivity index (χ1v) is 15.2. The summed E-state index contributed by atoms with van der Waals surface area (Å²) in [6.07, 6.45) is 0. The molecule has 2 unspecified atom stereocenters. The number of ether oxygens (including phenoxy) is 1. The number of amides is 3. The summed E-state index contributed by atoms with van der Waals surface area (Å²) in [5, 5.41) is 4.57. The van der Waals surface area contributed by atoms with Gasteiger partial charge in [-0.2, -0.15) is 0 Å². The van der Waals surface area contributed by atoms with Crippen molar-refractivity contribution in [2.24, 2.45) is 5.92 Å². The fourth-order valence-corrected chi connectivity index (χ4v) is 8.88. The van der Waals surface area contributed by atoms with Gasteiger partial charge in [-0.1, -0.05) is 45.1 Å². The zero-order valence-electron chi connectivity index (χ0n) is 20.3. The molecule has 0 saturated carbocycles. The third-order valence-corrected chi connectivity index (χ3v) is 10.7. The average Bonchev–Trinajstić information content (AvgIpc) is 3.63. The van der Waals surface area contributed by atoms with Crippen molar-refractivity contribution in [2.75, 3.05) is 17.3 Å². The molecule has 39 heavy (non-hydrogen) atoms. The predicted molar refractivity (Wildman–Crippen MR) is 156 cm³/mol. The third kappa shape index (κ3) is 4.65. The van der Waals surface area contributed by atoms with Crippen LogP contribution in [0.15, 0.2) is 80.3 Å². The van der Waals surface area contributed by atoms with Crippen LogP contribution >= 0.6 is 50.4 Å². The summed E-state index contributed by atoms with van der Waals surface area (Å²) in [4.78, 5) is 56.2. The lowest BCUT2D eigenvalue weighted by Crippen LogP contribution is -2.32. The van der Waals surface area contributed by atoms with Crippen molar-refractivity contribution in [3.05, 3.63) is 89.9 Å². The van der Waals surface area contributed by atoms with Crippen LogP contribution in [0.25, 0.3) is 0 Å². The van der Waals surface area contributed by atoms with Crippen molar-refractivity contribution >= 4 is 79.5 Å². The lowest BCUT2D eigenvalue weighted by molar-refractivity contribution is -0.122. The summed E-state index contributed by atoms with van der Waals surface area (Å²) in [7, 11) is 1.56. The van der Waals surface area contributed by atoms with Crippen molar-refractivity contribution in [3.8, 4) is 5.75 Å². The number of thiazole rings is 1. The Kier molecular flexibility index (Phi) is 6.96. The summed E-state index contributed by atoms with van der Waals surface area (Å²) in [6, 6.07) is 17.8. The maximum absolute atomic E-state index is 13.8. The Morgan fingerprint density at radius 1 is 1.03 bits per heavy atom. The molecule has 0 aliphatic carbocycles. The largest absolute Gasteiger partial charge is 0.497 e. The van der Waals surface area contributed by atoms with Crippen LogP contribution < -0.4 is 19.8 Å². The van der Waals surface area contributed by atoms with E-state index in [2.05, 4.69) is 21.2 Å². The van der Waals surface area contributed by atoms with Crippen LogP contribution in [0, 0.1) is 5.92 Å². The molecule has 6 rings (SSSR count). The van der Waals surface area contributed by atoms with Crippen molar-refractivity contribution < 1.29 is 19.1 Å². The molecule has 3 amide bonds. The Balaban J connectivity index is 1.35. The Morgan fingerprint density at radius 2 is 1.77 bits per heavy atom. The average molecular weight is 643 g/mol. The highest BCUT2D eigenvalue weighted by Gasteiger charge is 2.57. The highest BCUT2D eigenvalue weighted by atomic mass is 79.9. The lowest BCUT2D eigenvalue weighted by atomic mass is 9.87. The molecule has 0 radical (unpaired) electrons. The van der Waals surface area contributed by atoms with Gasteiger partial charge in [-0.05, 0) is 60.0 Å². The first kappa shape index (κ1) is 26.1. The molecule has 0 spiro atoms. The number of hydrogen-bond donors (Lipinski definition) is 1. The van der Waals surface area contributed by atoms with E-state index in [0.717, 1.165) is 20.7 Å². The molecule has 12 heteroatoms. The molecule has 2 aliphatic rings. The van der Waals surface area contributed by atoms with Crippen molar-refractivity contribution in [2.45, 2.75) is 22.7 Å². The topological polar surface area (TPSA) is 97.7 Å². The first-order valence-electron chi connectivity index (χ1n) is 11.9. The normalized spacial score (nSPS) is 20.1. The lowest BCUT2D eigenvalue weighted by Gasteiger charge is -2.29. The predicted octanol–water partition coefficient (Wildman–Crippen LogP) is 5.18. The maximum Gasteiger partial charge on any atom is 0.308 e. The van der Waals surface area contributed by atoms with Crippen LogP contribution in [0.5, 0.6) is 5.75 Å². The van der Waals surface area contributed by atoms with Crippen molar-refractivity contribution in [1.82, 2.24) is 4.57 Å². The number of halogens is 1. The van der Waals surface area contributed by atoms with E-state index in [1.165, 1.54) is 32.6 Å². The molecule has 8 nitrogen and oxygen atoms in total. The Hall–Kier alpha value is -3.19. The van der Waals surface area contributed by atoms with Gasteiger partial charge in [0.05, 0.1) is 23.7 Å². The third-order valence-electron chi connectivity index (χ3n) is 6.66. The van der Waals surface area contributed by atoms with Gasteiger partial charge in [0.1, 0.15) is 17.5 Å². The Morgan fingerprint density at radius 3 is 2.44 bits per heavy atom. The number of carbonyl (C=O) groups excluding carboxylic acids is 3. The summed E-state index contributed by atoms with van der Waals surface area (Å²) in [5.74, 6) is -1.42. The van der Waals surface area contributed by atoms with Gasteiger partial charge in [0, 0.05) is 25.8 Å². The molecular formula is C27H20BrN3O5S3. The van der Waals surface area contributed by atoms with Crippen LogP contribution in [0.3, 0.4) is 0 Å². The molecule has 3 atom stereocenters. The van der Waals surface area contributed by atoms with Gasteiger partial charge in [-0.3, -0.25) is 23.7 Å². The van der Waals surface area contributed by atoms with Crippen LogP contribution in [0.1, 0.15) is 15.7 Å². The molecule has 2 aliphatic heterocycles. The first-order chi connectivity index (χ1) is 18.9. The number of anilines is 2. The summed E-state index contributed by atoms with van der Waals surface area (Å²) in [6.45, 7) is -0.212. The number of fused-ring (bicyclic) bond motifs is 2. The number of carbonyl (C=O) groups is 3. The molecule has 1 saturated heterocycles. The quantitative estimate of drug-likeness (QED) is 0.292. The Bertz CT molecular complexity index is 1630. The van der Waals surface area contributed by atoms with Gasteiger partial charge in [0.25, 0.3) is 0 Å². The molecular weight excluding hydrogens is 622 g/mol. The molecule has 1 N–H and O–H groups in total. The Labute approximate surface area is 243 Å². The smallest absolute Gasteiger partial charge is 0.308 e. The monoisotopic (exact) mass is 641 g/mol. The minimum Gasteiger partial charge on any atom is -0.497 e. The fourth-order valence-electron chi connectivity index (χ4n) is 4.89. The summed E-state index contributed by atoms with van der Waals surface area (Å²) >= 11 is 7.12. The van der Waals surface area contributed by atoms with E-state index >= 15 is 0 Å². The van der Waals surface area contributed by atoms with Gasteiger partial charge in [-0.25, -0.2) is 4.90 Å². The van der Waals surface area contributed by atoms with E-state index in [-0.39, 0.29) is 29.1 Å². The van der Waals surface area contributed by atoms with Gasteiger partial charge in [-0.15, -0.1) is 11.3 Å².